The molecule has 0 unspecified atom stereocenters. The first-order valence-electron chi connectivity index (χ1n) is 6.76. The fraction of sp³-hybridized carbons (Fsp3) is 0.188. The number of carbonyl (C=O) groups excluding carboxylic acids is 2. The molecule has 0 aromatic heterocycles. The van der Waals surface area contributed by atoms with Gasteiger partial charge in [-0.2, -0.15) is 0 Å². The lowest BCUT2D eigenvalue weighted by Gasteiger charge is -2.27. The topological polar surface area (TPSA) is 63.4 Å². The van der Waals surface area contributed by atoms with Crippen LogP contribution in [0.5, 0.6) is 0 Å². The van der Waals surface area contributed by atoms with Crippen LogP contribution in [0.3, 0.4) is 0 Å². The van der Waals surface area contributed by atoms with Crippen molar-refractivity contribution >= 4 is 39.8 Å². The van der Waals surface area contributed by atoms with Gasteiger partial charge in [0.1, 0.15) is 0 Å². The van der Waals surface area contributed by atoms with Crippen molar-refractivity contribution in [3.63, 3.8) is 0 Å². The van der Waals surface area contributed by atoms with Crippen LogP contribution in [-0.2, 0) is 0 Å². The van der Waals surface area contributed by atoms with E-state index in [1.54, 1.807) is 12.1 Å². The highest BCUT2D eigenvalue weighted by atomic mass is 32.1. The summed E-state index contributed by atoms with van der Waals surface area (Å²) in [6.07, 6.45) is 1.11. The lowest BCUT2D eigenvalue weighted by Crippen LogP contribution is -2.41. The molecule has 1 aliphatic rings. The summed E-state index contributed by atoms with van der Waals surface area (Å²) >= 11 is 4.83. The third-order valence-corrected chi connectivity index (χ3v) is 3.86. The predicted molar refractivity (Wildman–Crippen MR) is 85.3 cm³/mol. The molecule has 106 valence electrons. The van der Waals surface area contributed by atoms with E-state index in [4.69, 9.17) is 18.0 Å². The maximum Gasteiger partial charge on any atom is 0.261 e. The molecule has 1 heterocycles. The number of imide groups is 1. The van der Waals surface area contributed by atoms with E-state index in [1.165, 1.54) is 4.90 Å². The van der Waals surface area contributed by atoms with Crippen molar-refractivity contribution in [2.45, 2.75) is 12.8 Å². The second kappa shape index (κ2) is 5.26. The molecule has 2 N–H and O–H groups in total. The average Bonchev–Trinajstić information content (AvgIpc) is 2.47. The zero-order valence-electron chi connectivity index (χ0n) is 11.3. The van der Waals surface area contributed by atoms with Gasteiger partial charge in [0, 0.05) is 23.1 Å². The maximum absolute atomic E-state index is 12.5. The Hall–Kier alpha value is -2.27. The number of amides is 2. The van der Waals surface area contributed by atoms with E-state index in [0.29, 0.717) is 35.5 Å². The number of nitrogens with two attached hydrogens (primary N) is 1. The van der Waals surface area contributed by atoms with Gasteiger partial charge in [0.15, 0.2) is 0 Å². The molecule has 0 bridgehead atoms. The smallest absolute Gasteiger partial charge is 0.261 e. The van der Waals surface area contributed by atoms with Crippen molar-refractivity contribution in [2.75, 3.05) is 6.54 Å². The van der Waals surface area contributed by atoms with Gasteiger partial charge in [0.05, 0.1) is 4.99 Å². The fourth-order valence-corrected chi connectivity index (χ4v) is 2.84. The number of rotatable bonds is 4. The van der Waals surface area contributed by atoms with Crippen molar-refractivity contribution in [3.05, 3.63) is 47.5 Å². The molecule has 0 fully saturated rings. The van der Waals surface area contributed by atoms with Crippen LogP contribution in [0.1, 0.15) is 33.6 Å². The van der Waals surface area contributed by atoms with Crippen LogP contribution in [0.15, 0.2) is 36.4 Å². The first kappa shape index (κ1) is 13.7. The van der Waals surface area contributed by atoms with E-state index in [0.717, 1.165) is 10.8 Å². The molecular formula is C16H14N2O2S. The molecule has 0 saturated carbocycles. The number of hydrogen-bond acceptors (Lipinski definition) is 3. The Morgan fingerprint density at radius 1 is 1.05 bits per heavy atom. The second-order valence-electron chi connectivity index (χ2n) is 5.04. The predicted octanol–water partition coefficient (Wildman–Crippen LogP) is 2.50. The highest BCUT2D eigenvalue weighted by Gasteiger charge is 2.31. The van der Waals surface area contributed by atoms with Gasteiger partial charge < -0.3 is 5.73 Å². The summed E-state index contributed by atoms with van der Waals surface area (Å²) in [5.41, 5.74) is 6.62. The molecule has 4 nitrogen and oxygen atoms in total. The quantitative estimate of drug-likeness (QED) is 0.696. The van der Waals surface area contributed by atoms with Gasteiger partial charge in [-0.3, -0.25) is 14.5 Å². The van der Waals surface area contributed by atoms with Crippen molar-refractivity contribution in [3.8, 4) is 0 Å². The third kappa shape index (κ3) is 2.29. The van der Waals surface area contributed by atoms with Gasteiger partial charge in [0.25, 0.3) is 11.8 Å². The highest BCUT2D eigenvalue weighted by molar-refractivity contribution is 7.80. The number of carbonyl (C=O) groups is 2. The minimum atomic E-state index is -0.243. The molecule has 2 aromatic carbocycles. The van der Waals surface area contributed by atoms with Gasteiger partial charge in [-0.1, -0.05) is 36.5 Å². The van der Waals surface area contributed by atoms with E-state index < -0.39 is 0 Å². The van der Waals surface area contributed by atoms with E-state index in [-0.39, 0.29) is 11.8 Å². The Kier molecular flexibility index (Phi) is 3.43. The van der Waals surface area contributed by atoms with Gasteiger partial charge in [0.2, 0.25) is 0 Å². The van der Waals surface area contributed by atoms with Gasteiger partial charge in [-0.05, 0) is 30.4 Å². The number of thiocarbonyl (C=S) groups is 1. The average molecular weight is 298 g/mol. The van der Waals surface area contributed by atoms with Crippen LogP contribution in [0.4, 0.5) is 0 Å². The lowest BCUT2D eigenvalue weighted by molar-refractivity contribution is 0.0609. The van der Waals surface area contributed by atoms with E-state index in [1.807, 2.05) is 24.3 Å². The van der Waals surface area contributed by atoms with E-state index >= 15 is 0 Å². The maximum atomic E-state index is 12.5. The van der Waals surface area contributed by atoms with Crippen LogP contribution < -0.4 is 5.73 Å². The van der Waals surface area contributed by atoms with Gasteiger partial charge in [-0.25, -0.2) is 0 Å². The summed E-state index contributed by atoms with van der Waals surface area (Å²) in [7, 11) is 0. The number of nitrogens with zero attached hydrogens (tertiary/aromatic N) is 1. The van der Waals surface area contributed by atoms with E-state index in [2.05, 4.69) is 0 Å². The Balaban J connectivity index is 2.01. The van der Waals surface area contributed by atoms with Crippen molar-refractivity contribution in [1.29, 1.82) is 0 Å². The van der Waals surface area contributed by atoms with Crippen LogP contribution in [-0.4, -0.2) is 28.2 Å². The summed E-state index contributed by atoms with van der Waals surface area (Å²) in [5.74, 6) is -0.487. The molecule has 2 amide bonds. The minimum Gasteiger partial charge on any atom is -0.393 e. The molecule has 3 rings (SSSR count). The normalized spacial score (nSPS) is 13.8. The Morgan fingerprint density at radius 2 is 1.62 bits per heavy atom. The Labute approximate surface area is 127 Å². The van der Waals surface area contributed by atoms with Crippen molar-refractivity contribution in [1.82, 2.24) is 4.90 Å². The van der Waals surface area contributed by atoms with Crippen LogP contribution in [0, 0.1) is 0 Å². The molecule has 0 spiro atoms. The zero-order valence-corrected chi connectivity index (χ0v) is 12.2. The van der Waals surface area contributed by atoms with E-state index in [9.17, 15) is 9.59 Å². The van der Waals surface area contributed by atoms with Crippen LogP contribution in [0.2, 0.25) is 0 Å². The standard InChI is InChI=1S/C16H14N2O2S/c17-13(21)8-3-9-18-15(19)11-6-1-4-10-5-2-7-12(14(10)11)16(18)20/h1-2,4-7H,3,8-9H2,(H2,17,21). The molecular weight excluding hydrogens is 284 g/mol. The summed E-state index contributed by atoms with van der Waals surface area (Å²) in [4.78, 5) is 26.7. The molecule has 0 radical (unpaired) electrons. The van der Waals surface area contributed by atoms with Crippen LogP contribution in [0.25, 0.3) is 10.8 Å². The Morgan fingerprint density at radius 3 is 2.14 bits per heavy atom. The molecule has 5 heteroatoms. The fourth-order valence-electron chi connectivity index (χ4n) is 2.69. The van der Waals surface area contributed by atoms with Gasteiger partial charge in [-0.15, -0.1) is 0 Å². The van der Waals surface area contributed by atoms with Gasteiger partial charge >= 0.3 is 0 Å². The zero-order chi connectivity index (χ0) is 15.0. The number of hydrogen-bond donors (Lipinski definition) is 1. The third-order valence-electron chi connectivity index (χ3n) is 3.66. The molecule has 1 aliphatic heterocycles. The first-order chi connectivity index (χ1) is 10.1. The summed E-state index contributed by atoms with van der Waals surface area (Å²) in [5, 5.41) is 1.66. The van der Waals surface area contributed by atoms with Crippen molar-refractivity contribution in [2.24, 2.45) is 5.73 Å². The largest absolute Gasteiger partial charge is 0.393 e. The SMILES string of the molecule is NC(=S)CCCN1C(=O)c2cccc3cccc(c23)C1=O. The molecule has 2 aromatic rings. The highest BCUT2D eigenvalue weighted by Crippen LogP contribution is 2.29. The van der Waals surface area contributed by atoms with Crippen molar-refractivity contribution < 1.29 is 9.59 Å². The second-order valence-corrected chi connectivity index (χ2v) is 5.57. The summed E-state index contributed by atoms with van der Waals surface area (Å²) < 4.78 is 0. The number of benzene rings is 2. The molecule has 21 heavy (non-hydrogen) atoms. The summed E-state index contributed by atoms with van der Waals surface area (Å²) in [6, 6.07) is 11.0. The Bertz CT molecular complexity index is 719. The monoisotopic (exact) mass is 298 g/mol. The first-order valence-corrected chi connectivity index (χ1v) is 7.16. The molecule has 0 atom stereocenters. The minimum absolute atomic E-state index is 0.243. The molecule has 0 saturated heterocycles. The molecule has 0 aliphatic carbocycles. The summed E-state index contributed by atoms with van der Waals surface area (Å²) in [6.45, 7) is 0.333. The van der Waals surface area contributed by atoms with Crippen LogP contribution >= 0.6 is 12.2 Å². The lowest BCUT2D eigenvalue weighted by atomic mass is 9.94.